The number of aryl methyl sites for hydroxylation is 1. The lowest BCUT2D eigenvalue weighted by Gasteiger charge is -2.09. The van der Waals surface area contributed by atoms with Gasteiger partial charge in [-0.3, -0.25) is 14.5 Å². The third-order valence-electron chi connectivity index (χ3n) is 3.99. The lowest BCUT2D eigenvalue weighted by atomic mass is 10.1. The predicted octanol–water partition coefficient (Wildman–Crippen LogP) is 3.41. The van der Waals surface area contributed by atoms with Gasteiger partial charge >= 0.3 is 0 Å². The quantitative estimate of drug-likeness (QED) is 0.654. The maximum atomic E-state index is 12.9. The van der Waals surface area contributed by atoms with Gasteiger partial charge in [-0.15, -0.1) is 0 Å². The van der Waals surface area contributed by atoms with E-state index in [2.05, 4.69) is 15.5 Å². The zero-order valence-corrected chi connectivity index (χ0v) is 15.1. The van der Waals surface area contributed by atoms with Crippen LogP contribution in [0.2, 0.25) is 0 Å². The van der Waals surface area contributed by atoms with Crippen molar-refractivity contribution in [3.05, 3.63) is 70.2 Å². The summed E-state index contributed by atoms with van der Waals surface area (Å²) in [6.07, 6.45) is 0.632. The third-order valence-corrected chi connectivity index (χ3v) is 4.30. The molecule has 0 aliphatic heterocycles. The lowest BCUT2D eigenvalue weighted by molar-refractivity contribution is -0.121. The zero-order valence-electron chi connectivity index (χ0n) is 14.3. The molecule has 0 atom stereocenters. The Kier molecular flexibility index (Phi) is 5.58. The number of carbonyl (C=O) groups is 1. The fourth-order valence-electron chi connectivity index (χ4n) is 2.67. The number of carbonyl (C=O) groups excluding carboxylic acids is 1. The molecule has 3 aromatic rings. The van der Waals surface area contributed by atoms with Crippen LogP contribution in [-0.4, -0.2) is 27.2 Å². The van der Waals surface area contributed by atoms with E-state index in [0.717, 1.165) is 16.7 Å². The predicted molar refractivity (Wildman–Crippen MR) is 101 cm³/mol. The summed E-state index contributed by atoms with van der Waals surface area (Å²) in [5.74, 6) is 0.210. The van der Waals surface area contributed by atoms with Crippen molar-refractivity contribution in [3.63, 3.8) is 0 Å². The van der Waals surface area contributed by atoms with Crippen molar-refractivity contribution < 1.29 is 9.18 Å². The van der Waals surface area contributed by atoms with E-state index in [1.165, 1.54) is 12.1 Å². The molecule has 7 heteroatoms. The zero-order chi connectivity index (χ0) is 18.5. The van der Waals surface area contributed by atoms with Crippen LogP contribution in [0.15, 0.2) is 48.5 Å². The number of rotatable bonds is 6. The molecule has 1 amide bonds. The summed E-state index contributed by atoms with van der Waals surface area (Å²) in [6.45, 7) is 2.55. The lowest BCUT2D eigenvalue weighted by Crippen LogP contribution is -2.29. The number of H-pyrrole nitrogens is 1. The van der Waals surface area contributed by atoms with Crippen LogP contribution in [-0.2, 0) is 17.8 Å². The first kappa shape index (κ1) is 18.0. The maximum Gasteiger partial charge on any atom is 0.240 e. The van der Waals surface area contributed by atoms with Gasteiger partial charge in [0.05, 0.1) is 0 Å². The first-order valence-corrected chi connectivity index (χ1v) is 8.67. The highest BCUT2D eigenvalue weighted by Crippen LogP contribution is 2.18. The Morgan fingerprint density at radius 1 is 1.27 bits per heavy atom. The van der Waals surface area contributed by atoms with Crippen molar-refractivity contribution in [2.75, 3.05) is 6.54 Å². The van der Waals surface area contributed by atoms with Crippen LogP contribution in [0.4, 0.5) is 4.39 Å². The van der Waals surface area contributed by atoms with Gasteiger partial charge in [-0.2, -0.15) is 5.10 Å². The summed E-state index contributed by atoms with van der Waals surface area (Å²) < 4.78 is 15.0. The van der Waals surface area contributed by atoms with Crippen LogP contribution in [0.25, 0.3) is 11.4 Å². The molecule has 0 bridgehead atoms. The van der Waals surface area contributed by atoms with E-state index in [9.17, 15) is 9.18 Å². The summed E-state index contributed by atoms with van der Waals surface area (Å²) in [5, 5.41) is 9.85. The molecular formula is C19H19FN4OS. The van der Waals surface area contributed by atoms with E-state index in [4.69, 9.17) is 12.2 Å². The van der Waals surface area contributed by atoms with E-state index in [-0.39, 0.29) is 18.3 Å². The minimum atomic E-state index is -0.268. The second kappa shape index (κ2) is 8.05. The molecule has 0 radical (unpaired) electrons. The fourth-order valence-corrected chi connectivity index (χ4v) is 2.86. The molecule has 1 aromatic heterocycles. The Balaban J connectivity index is 1.63. The largest absolute Gasteiger partial charge is 0.354 e. The van der Waals surface area contributed by atoms with Gasteiger partial charge in [-0.1, -0.05) is 35.9 Å². The van der Waals surface area contributed by atoms with Crippen LogP contribution < -0.4 is 5.32 Å². The highest BCUT2D eigenvalue weighted by molar-refractivity contribution is 7.71. The molecule has 0 saturated carbocycles. The molecule has 5 nitrogen and oxygen atoms in total. The standard InChI is InChI=1S/C19H19FN4OS/c1-13-3-2-4-15(11-13)18-22-23-19(26)24(18)12-17(25)21-10-9-14-5-7-16(20)8-6-14/h2-8,11H,9-10,12H2,1H3,(H,21,25)(H,23,26). The van der Waals surface area contributed by atoms with Crippen LogP contribution in [0, 0.1) is 17.5 Å². The van der Waals surface area contributed by atoms with Crippen molar-refractivity contribution in [1.82, 2.24) is 20.1 Å². The number of benzene rings is 2. The molecule has 0 aliphatic rings. The number of amides is 1. The number of hydrogen-bond acceptors (Lipinski definition) is 3. The number of nitrogens with zero attached hydrogens (tertiary/aromatic N) is 2. The molecular weight excluding hydrogens is 351 g/mol. The Bertz CT molecular complexity index is 962. The van der Waals surface area contributed by atoms with Gasteiger partial charge in [0.25, 0.3) is 0 Å². The Morgan fingerprint density at radius 2 is 2.04 bits per heavy atom. The van der Waals surface area contributed by atoms with E-state index >= 15 is 0 Å². The number of hydrogen-bond donors (Lipinski definition) is 2. The summed E-state index contributed by atoms with van der Waals surface area (Å²) in [4.78, 5) is 12.3. The average Bonchev–Trinajstić information content (AvgIpc) is 2.97. The molecule has 0 fully saturated rings. The molecule has 2 aromatic carbocycles. The molecule has 134 valence electrons. The maximum absolute atomic E-state index is 12.9. The second-order valence-corrected chi connectivity index (χ2v) is 6.42. The van der Waals surface area contributed by atoms with Gasteiger partial charge < -0.3 is 5.32 Å². The van der Waals surface area contributed by atoms with Crippen molar-refractivity contribution in [3.8, 4) is 11.4 Å². The van der Waals surface area contributed by atoms with Crippen LogP contribution in [0.3, 0.4) is 0 Å². The fraction of sp³-hybridized carbons (Fsp3) is 0.211. The smallest absolute Gasteiger partial charge is 0.240 e. The van der Waals surface area contributed by atoms with E-state index in [1.807, 2.05) is 31.2 Å². The molecule has 1 heterocycles. The Morgan fingerprint density at radius 3 is 2.77 bits per heavy atom. The second-order valence-electron chi connectivity index (χ2n) is 6.03. The number of nitrogens with one attached hydrogen (secondary N) is 2. The molecule has 26 heavy (non-hydrogen) atoms. The normalized spacial score (nSPS) is 10.7. The monoisotopic (exact) mass is 370 g/mol. The van der Waals surface area contributed by atoms with Crippen LogP contribution >= 0.6 is 12.2 Å². The molecule has 0 spiro atoms. The summed E-state index contributed by atoms with van der Waals surface area (Å²) in [6, 6.07) is 14.1. The van der Waals surface area contributed by atoms with Crippen molar-refractivity contribution in [2.24, 2.45) is 0 Å². The van der Waals surface area contributed by atoms with Gasteiger partial charge in [0, 0.05) is 12.1 Å². The molecule has 0 unspecified atom stereocenters. The average molecular weight is 370 g/mol. The minimum Gasteiger partial charge on any atom is -0.354 e. The van der Waals surface area contributed by atoms with E-state index in [1.54, 1.807) is 16.7 Å². The number of aromatic nitrogens is 3. The molecule has 0 aliphatic carbocycles. The summed E-state index contributed by atoms with van der Waals surface area (Å²) in [5.41, 5.74) is 2.97. The molecule has 2 N–H and O–H groups in total. The van der Waals surface area contributed by atoms with Gasteiger partial charge in [0.2, 0.25) is 5.91 Å². The minimum absolute atomic E-state index is 0.0853. The summed E-state index contributed by atoms with van der Waals surface area (Å²) in [7, 11) is 0. The van der Waals surface area contributed by atoms with Crippen molar-refractivity contribution >= 4 is 18.1 Å². The highest BCUT2D eigenvalue weighted by atomic mass is 32.1. The molecule has 0 saturated heterocycles. The van der Waals surface area contributed by atoms with Gasteiger partial charge in [0.15, 0.2) is 10.6 Å². The van der Waals surface area contributed by atoms with Gasteiger partial charge in [-0.25, -0.2) is 4.39 Å². The third kappa shape index (κ3) is 4.43. The van der Waals surface area contributed by atoms with Crippen LogP contribution in [0.5, 0.6) is 0 Å². The highest BCUT2D eigenvalue weighted by Gasteiger charge is 2.12. The SMILES string of the molecule is Cc1cccc(-c2n[nH]c(=S)n2CC(=O)NCCc2ccc(F)cc2)c1. The Labute approximate surface area is 155 Å². The van der Waals surface area contributed by atoms with Gasteiger partial charge in [0.1, 0.15) is 12.4 Å². The number of aromatic amines is 1. The number of halogens is 1. The molecule has 3 rings (SSSR count). The van der Waals surface area contributed by atoms with Crippen molar-refractivity contribution in [2.45, 2.75) is 19.9 Å². The van der Waals surface area contributed by atoms with E-state index < -0.39 is 0 Å². The van der Waals surface area contributed by atoms with Gasteiger partial charge in [-0.05, 0) is 49.3 Å². The first-order chi connectivity index (χ1) is 12.5. The van der Waals surface area contributed by atoms with Crippen LogP contribution in [0.1, 0.15) is 11.1 Å². The topological polar surface area (TPSA) is 62.7 Å². The Hall–Kier alpha value is -2.80. The van der Waals surface area contributed by atoms with E-state index in [0.29, 0.717) is 23.6 Å². The summed E-state index contributed by atoms with van der Waals surface area (Å²) >= 11 is 5.25. The van der Waals surface area contributed by atoms with Crippen molar-refractivity contribution in [1.29, 1.82) is 0 Å². The first-order valence-electron chi connectivity index (χ1n) is 8.26.